The first kappa shape index (κ1) is 16.4. The van der Waals surface area contributed by atoms with Crippen LogP contribution in [-0.4, -0.2) is 71.5 Å². The highest BCUT2D eigenvalue weighted by Gasteiger charge is 2.41. The fraction of sp³-hybridized carbons (Fsp3) is 0.632. The second-order valence-corrected chi connectivity index (χ2v) is 9.01. The number of carbonyl (C=O) groups is 1. The van der Waals surface area contributed by atoms with Crippen molar-refractivity contribution in [3.8, 4) is 0 Å². The van der Waals surface area contributed by atoms with Gasteiger partial charge in [0.15, 0.2) is 0 Å². The van der Waals surface area contributed by atoms with E-state index in [0.29, 0.717) is 6.04 Å². The molecule has 2 aromatic rings. The van der Waals surface area contributed by atoms with Crippen molar-refractivity contribution in [3.63, 3.8) is 0 Å². The molecule has 6 nitrogen and oxygen atoms in total. The predicted octanol–water partition coefficient (Wildman–Crippen LogP) is 2.38. The summed E-state index contributed by atoms with van der Waals surface area (Å²) in [6, 6.07) is 0.459. The molecule has 3 fully saturated rings. The number of likely N-dealkylation sites (tertiary alicyclic amines) is 1. The molecular weight excluding hydrogens is 346 g/mol. The Morgan fingerprint density at radius 3 is 2.69 bits per heavy atom. The normalized spacial score (nSPS) is 26.2. The van der Waals surface area contributed by atoms with Gasteiger partial charge in [-0.05, 0) is 44.7 Å². The molecule has 2 aromatic heterocycles. The lowest BCUT2D eigenvalue weighted by atomic mass is 10.1. The summed E-state index contributed by atoms with van der Waals surface area (Å²) in [6.45, 7) is 7.03. The van der Waals surface area contributed by atoms with Crippen LogP contribution in [-0.2, 0) is 0 Å². The molecule has 26 heavy (non-hydrogen) atoms. The molecule has 138 valence electrons. The van der Waals surface area contributed by atoms with Crippen molar-refractivity contribution in [2.45, 2.75) is 32.2 Å². The van der Waals surface area contributed by atoms with Crippen molar-refractivity contribution >= 4 is 33.3 Å². The van der Waals surface area contributed by atoms with E-state index in [4.69, 9.17) is 0 Å². The van der Waals surface area contributed by atoms with E-state index in [2.05, 4.69) is 38.6 Å². The SMILES string of the molecule is Cc1c(C(=O)N2C[C@H]3CC[C@@H]2C3)sc2ncnc(N3CCN(C)CC3)c12. The number of carbonyl (C=O) groups excluding carboxylic acids is 1. The number of likely N-dealkylation sites (N-methyl/N-ethyl adjacent to an activating group) is 1. The second-order valence-electron chi connectivity index (χ2n) is 8.01. The van der Waals surface area contributed by atoms with Crippen molar-refractivity contribution in [1.82, 2.24) is 19.8 Å². The molecular formula is C19H25N5OS. The number of thiophene rings is 1. The molecule has 2 bridgehead atoms. The summed E-state index contributed by atoms with van der Waals surface area (Å²) < 4.78 is 0. The molecule has 2 aliphatic heterocycles. The number of aromatic nitrogens is 2. The Morgan fingerprint density at radius 1 is 1.19 bits per heavy atom. The van der Waals surface area contributed by atoms with Crippen molar-refractivity contribution in [3.05, 3.63) is 16.8 Å². The van der Waals surface area contributed by atoms with Crippen LogP contribution in [0.3, 0.4) is 0 Å². The minimum absolute atomic E-state index is 0.210. The molecule has 5 rings (SSSR count). The molecule has 4 heterocycles. The number of piperazine rings is 1. The van der Waals surface area contributed by atoms with Crippen LogP contribution in [0.15, 0.2) is 6.33 Å². The number of anilines is 1. The van der Waals surface area contributed by atoms with E-state index < -0.39 is 0 Å². The number of fused-ring (bicyclic) bond motifs is 3. The first-order valence-corrected chi connectivity index (χ1v) is 10.4. The first-order chi connectivity index (χ1) is 12.6. The maximum absolute atomic E-state index is 13.2. The molecule has 7 heteroatoms. The van der Waals surface area contributed by atoms with Gasteiger partial charge in [0.1, 0.15) is 17.0 Å². The van der Waals surface area contributed by atoms with E-state index in [0.717, 1.165) is 65.1 Å². The lowest BCUT2D eigenvalue weighted by Crippen LogP contribution is -2.44. The van der Waals surface area contributed by atoms with Crippen LogP contribution in [0, 0.1) is 12.8 Å². The van der Waals surface area contributed by atoms with Gasteiger partial charge in [-0.15, -0.1) is 11.3 Å². The number of amides is 1. The van der Waals surface area contributed by atoms with E-state index in [1.807, 2.05) is 0 Å². The molecule has 1 aliphatic carbocycles. The van der Waals surface area contributed by atoms with Gasteiger partial charge >= 0.3 is 0 Å². The summed E-state index contributed by atoms with van der Waals surface area (Å²) in [5.41, 5.74) is 1.06. The van der Waals surface area contributed by atoms with Crippen LogP contribution < -0.4 is 4.90 Å². The highest BCUT2D eigenvalue weighted by atomic mass is 32.1. The van der Waals surface area contributed by atoms with Crippen LogP contribution in [0.5, 0.6) is 0 Å². The molecule has 0 N–H and O–H groups in total. The van der Waals surface area contributed by atoms with E-state index in [1.54, 1.807) is 17.7 Å². The summed E-state index contributed by atoms with van der Waals surface area (Å²) in [7, 11) is 2.16. The largest absolute Gasteiger partial charge is 0.353 e. The molecule has 3 aliphatic rings. The van der Waals surface area contributed by atoms with Crippen molar-refractivity contribution in [2.75, 3.05) is 44.7 Å². The summed E-state index contributed by atoms with van der Waals surface area (Å²) in [5.74, 6) is 1.93. The first-order valence-electron chi connectivity index (χ1n) is 9.60. The Balaban J connectivity index is 1.51. The van der Waals surface area contributed by atoms with Crippen LogP contribution in [0.25, 0.3) is 10.2 Å². The molecule has 1 amide bonds. The number of nitrogens with zero attached hydrogens (tertiary/aromatic N) is 5. The number of hydrogen-bond donors (Lipinski definition) is 0. The number of aryl methyl sites for hydroxylation is 1. The summed E-state index contributed by atoms with van der Waals surface area (Å²) in [4.78, 5) is 30.9. The number of piperidine rings is 1. The van der Waals surface area contributed by atoms with Gasteiger partial charge in [0.2, 0.25) is 0 Å². The zero-order chi connectivity index (χ0) is 17.8. The van der Waals surface area contributed by atoms with Gasteiger partial charge in [-0.2, -0.15) is 0 Å². The Kier molecular flexibility index (Phi) is 3.90. The number of rotatable bonds is 2. The van der Waals surface area contributed by atoms with Crippen LogP contribution in [0.2, 0.25) is 0 Å². The Bertz CT molecular complexity index is 857. The molecule has 0 aromatic carbocycles. The Hall–Kier alpha value is -1.73. The molecule has 0 unspecified atom stereocenters. The average Bonchev–Trinajstić information content (AvgIpc) is 3.36. The van der Waals surface area contributed by atoms with Gasteiger partial charge in [-0.25, -0.2) is 9.97 Å². The maximum Gasteiger partial charge on any atom is 0.264 e. The fourth-order valence-corrected chi connectivity index (χ4v) is 5.92. The van der Waals surface area contributed by atoms with Crippen LogP contribution in [0.1, 0.15) is 34.5 Å². The van der Waals surface area contributed by atoms with Crippen molar-refractivity contribution < 1.29 is 4.79 Å². The topological polar surface area (TPSA) is 52.6 Å². The highest BCUT2D eigenvalue weighted by Crippen LogP contribution is 2.41. The number of hydrogen-bond acceptors (Lipinski definition) is 6. The van der Waals surface area contributed by atoms with Gasteiger partial charge in [-0.1, -0.05) is 0 Å². The zero-order valence-electron chi connectivity index (χ0n) is 15.4. The monoisotopic (exact) mass is 371 g/mol. The molecule has 0 spiro atoms. The third-order valence-corrected chi connectivity index (χ3v) is 7.56. The minimum atomic E-state index is 0.210. The van der Waals surface area contributed by atoms with Gasteiger partial charge in [0.25, 0.3) is 5.91 Å². The predicted molar refractivity (Wildman–Crippen MR) is 104 cm³/mol. The minimum Gasteiger partial charge on any atom is -0.353 e. The highest BCUT2D eigenvalue weighted by molar-refractivity contribution is 7.20. The lowest BCUT2D eigenvalue weighted by molar-refractivity contribution is 0.0708. The standard InChI is InChI=1S/C19H25N5OS/c1-12-15-17(23-7-5-22(2)6-8-23)20-11-21-18(15)26-16(12)19(25)24-10-13-3-4-14(24)9-13/h11,13-14H,3-10H2,1-2H3/t13-,14+/m0/s1. The van der Waals surface area contributed by atoms with E-state index in [9.17, 15) is 4.79 Å². The third kappa shape index (κ3) is 2.52. The molecule has 0 radical (unpaired) electrons. The third-order valence-electron chi connectivity index (χ3n) is 6.37. The average molecular weight is 372 g/mol. The lowest BCUT2D eigenvalue weighted by Gasteiger charge is -2.33. The molecule has 2 atom stereocenters. The van der Waals surface area contributed by atoms with E-state index in [1.165, 1.54) is 19.3 Å². The summed E-state index contributed by atoms with van der Waals surface area (Å²) in [5, 5.41) is 1.08. The van der Waals surface area contributed by atoms with Crippen LogP contribution >= 0.6 is 11.3 Å². The quantitative estimate of drug-likeness (QED) is 0.811. The summed E-state index contributed by atoms with van der Waals surface area (Å²) in [6.07, 6.45) is 5.31. The Labute approximate surface area is 157 Å². The van der Waals surface area contributed by atoms with Crippen LogP contribution in [0.4, 0.5) is 5.82 Å². The molecule has 2 saturated heterocycles. The van der Waals surface area contributed by atoms with Crippen molar-refractivity contribution in [1.29, 1.82) is 0 Å². The zero-order valence-corrected chi connectivity index (χ0v) is 16.3. The Morgan fingerprint density at radius 2 is 2.00 bits per heavy atom. The maximum atomic E-state index is 13.2. The van der Waals surface area contributed by atoms with Gasteiger partial charge in [-0.3, -0.25) is 4.79 Å². The van der Waals surface area contributed by atoms with Gasteiger partial charge in [0.05, 0.1) is 10.3 Å². The van der Waals surface area contributed by atoms with Crippen molar-refractivity contribution in [2.24, 2.45) is 5.92 Å². The van der Waals surface area contributed by atoms with E-state index in [-0.39, 0.29) is 5.91 Å². The fourth-order valence-electron chi connectivity index (χ4n) is 4.82. The summed E-state index contributed by atoms with van der Waals surface area (Å²) >= 11 is 1.55. The van der Waals surface area contributed by atoms with Gasteiger partial charge < -0.3 is 14.7 Å². The molecule has 1 saturated carbocycles. The second kappa shape index (κ2) is 6.16. The van der Waals surface area contributed by atoms with E-state index >= 15 is 0 Å². The smallest absolute Gasteiger partial charge is 0.264 e. The van der Waals surface area contributed by atoms with Gasteiger partial charge in [0, 0.05) is 38.8 Å².